The Morgan fingerprint density at radius 2 is 2.17 bits per heavy atom. The van der Waals surface area contributed by atoms with E-state index in [4.69, 9.17) is 0 Å². The standard InChI is InChI=1S/C16H22N6OS/c23-15(20-13-3-1-2-11-10-18-21-14(11)13)19-12-4-7-22(8-5-12)16-17-6-9-24-16/h6,9-10,12-13H,1-5,7-8H2,(H,18,21)(H2,19,20,23). The topological polar surface area (TPSA) is 85.9 Å². The number of nitrogens with zero attached hydrogens (tertiary/aromatic N) is 3. The van der Waals surface area contributed by atoms with Gasteiger partial charge >= 0.3 is 6.03 Å². The molecule has 24 heavy (non-hydrogen) atoms. The molecule has 2 aromatic rings. The smallest absolute Gasteiger partial charge is 0.315 e. The van der Waals surface area contributed by atoms with Gasteiger partial charge in [0.05, 0.1) is 17.9 Å². The monoisotopic (exact) mass is 346 g/mol. The molecule has 128 valence electrons. The van der Waals surface area contributed by atoms with Crippen LogP contribution in [0.25, 0.3) is 0 Å². The molecule has 1 saturated heterocycles. The van der Waals surface area contributed by atoms with Crippen LogP contribution in [-0.4, -0.2) is 40.3 Å². The molecule has 2 aliphatic rings. The lowest BCUT2D eigenvalue weighted by atomic mass is 9.94. The minimum Gasteiger partial charge on any atom is -0.348 e. The molecule has 0 bridgehead atoms. The Morgan fingerprint density at radius 1 is 1.29 bits per heavy atom. The highest BCUT2D eigenvalue weighted by Crippen LogP contribution is 2.27. The van der Waals surface area contributed by atoms with Crippen LogP contribution in [0.4, 0.5) is 9.93 Å². The van der Waals surface area contributed by atoms with Gasteiger partial charge in [0.2, 0.25) is 0 Å². The average molecular weight is 346 g/mol. The second kappa shape index (κ2) is 6.80. The van der Waals surface area contributed by atoms with Crippen LogP contribution in [0.15, 0.2) is 17.8 Å². The predicted molar refractivity (Wildman–Crippen MR) is 93.3 cm³/mol. The summed E-state index contributed by atoms with van der Waals surface area (Å²) in [6.07, 6.45) is 8.71. The van der Waals surface area contributed by atoms with Gasteiger partial charge < -0.3 is 15.5 Å². The second-order valence-corrected chi connectivity index (χ2v) is 7.32. The van der Waals surface area contributed by atoms with Crippen molar-refractivity contribution in [1.29, 1.82) is 0 Å². The summed E-state index contributed by atoms with van der Waals surface area (Å²) in [6.45, 7) is 1.87. The van der Waals surface area contributed by atoms with Crippen molar-refractivity contribution in [1.82, 2.24) is 25.8 Å². The quantitative estimate of drug-likeness (QED) is 0.795. The fourth-order valence-corrected chi connectivity index (χ4v) is 4.28. The van der Waals surface area contributed by atoms with Gasteiger partial charge in [-0.25, -0.2) is 9.78 Å². The molecule has 1 atom stereocenters. The van der Waals surface area contributed by atoms with Crippen LogP contribution in [0.1, 0.15) is 43.0 Å². The second-order valence-electron chi connectivity index (χ2n) is 6.45. The minimum absolute atomic E-state index is 0.0478. The van der Waals surface area contributed by atoms with Crippen molar-refractivity contribution in [2.24, 2.45) is 0 Å². The normalized spacial score (nSPS) is 21.3. The van der Waals surface area contributed by atoms with E-state index in [2.05, 4.69) is 30.7 Å². The Balaban J connectivity index is 1.27. The van der Waals surface area contributed by atoms with Crippen molar-refractivity contribution in [2.75, 3.05) is 18.0 Å². The summed E-state index contributed by atoms with van der Waals surface area (Å²) in [6, 6.07) is 0.202. The van der Waals surface area contributed by atoms with E-state index in [9.17, 15) is 4.79 Å². The molecule has 1 unspecified atom stereocenters. The molecule has 3 N–H and O–H groups in total. The minimum atomic E-state index is -0.0739. The van der Waals surface area contributed by atoms with Crippen LogP contribution in [0.5, 0.6) is 0 Å². The highest BCUT2D eigenvalue weighted by atomic mass is 32.1. The first-order valence-corrected chi connectivity index (χ1v) is 9.41. The van der Waals surface area contributed by atoms with Crippen molar-refractivity contribution >= 4 is 22.5 Å². The number of rotatable bonds is 3. The van der Waals surface area contributed by atoms with Crippen molar-refractivity contribution in [3.05, 3.63) is 29.0 Å². The summed E-state index contributed by atoms with van der Waals surface area (Å²) in [5.74, 6) is 0. The zero-order valence-corrected chi connectivity index (χ0v) is 14.3. The Hall–Kier alpha value is -2.09. The number of anilines is 1. The molecular formula is C16H22N6OS. The third-order valence-corrected chi connectivity index (χ3v) is 5.70. The number of piperidine rings is 1. The van der Waals surface area contributed by atoms with Crippen LogP contribution in [0.2, 0.25) is 0 Å². The molecule has 2 aromatic heterocycles. The SMILES string of the molecule is O=C(NC1CCN(c2nccs2)CC1)NC1CCCc2cn[nH]c21. The summed E-state index contributed by atoms with van der Waals surface area (Å²) >= 11 is 1.67. The molecule has 4 rings (SSSR count). The fourth-order valence-electron chi connectivity index (χ4n) is 3.58. The zero-order chi connectivity index (χ0) is 16.4. The number of amides is 2. The van der Waals surface area contributed by atoms with E-state index in [1.54, 1.807) is 11.3 Å². The van der Waals surface area contributed by atoms with E-state index in [1.165, 1.54) is 5.56 Å². The molecule has 0 aromatic carbocycles. The van der Waals surface area contributed by atoms with Gasteiger partial charge in [-0.15, -0.1) is 11.3 Å². The number of aromatic amines is 1. The van der Waals surface area contributed by atoms with Crippen molar-refractivity contribution in [2.45, 2.75) is 44.2 Å². The number of nitrogens with one attached hydrogen (secondary N) is 3. The van der Waals surface area contributed by atoms with Gasteiger partial charge in [0.1, 0.15) is 0 Å². The van der Waals surface area contributed by atoms with Gasteiger partial charge in [-0.2, -0.15) is 5.10 Å². The van der Waals surface area contributed by atoms with Crippen LogP contribution < -0.4 is 15.5 Å². The molecule has 7 nitrogen and oxygen atoms in total. The molecular weight excluding hydrogens is 324 g/mol. The number of aromatic nitrogens is 3. The maximum absolute atomic E-state index is 12.3. The van der Waals surface area contributed by atoms with E-state index in [-0.39, 0.29) is 18.1 Å². The number of aryl methyl sites for hydroxylation is 1. The van der Waals surface area contributed by atoms with Crippen LogP contribution in [-0.2, 0) is 6.42 Å². The number of urea groups is 1. The van der Waals surface area contributed by atoms with Gasteiger partial charge in [-0.1, -0.05) is 0 Å². The molecule has 0 saturated carbocycles. The molecule has 1 fully saturated rings. The molecule has 3 heterocycles. The maximum atomic E-state index is 12.3. The molecule has 1 aliphatic heterocycles. The number of hydrogen-bond acceptors (Lipinski definition) is 5. The van der Waals surface area contributed by atoms with E-state index >= 15 is 0 Å². The van der Waals surface area contributed by atoms with E-state index < -0.39 is 0 Å². The summed E-state index contributed by atoms with van der Waals surface area (Å²) in [5.41, 5.74) is 2.29. The number of carbonyl (C=O) groups is 1. The molecule has 8 heteroatoms. The Morgan fingerprint density at radius 3 is 2.96 bits per heavy atom. The van der Waals surface area contributed by atoms with Gasteiger partial charge in [0.15, 0.2) is 5.13 Å². The van der Waals surface area contributed by atoms with Crippen molar-refractivity contribution < 1.29 is 4.79 Å². The first kappa shape index (κ1) is 15.4. The summed E-state index contributed by atoms with van der Waals surface area (Å²) in [5, 5.41) is 16.4. The maximum Gasteiger partial charge on any atom is 0.315 e. The number of thiazole rings is 1. The first-order valence-electron chi connectivity index (χ1n) is 8.53. The number of carbonyl (C=O) groups excluding carboxylic acids is 1. The lowest BCUT2D eigenvalue weighted by molar-refractivity contribution is 0.228. The Labute approximate surface area is 144 Å². The average Bonchev–Trinajstić information content (AvgIpc) is 3.27. The molecule has 2 amide bonds. The molecule has 0 spiro atoms. The summed E-state index contributed by atoms with van der Waals surface area (Å²) in [4.78, 5) is 19.0. The Bertz CT molecular complexity index is 677. The van der Waals surface area contributed by atoms with Gasteiger partial charge in [-0.05, 0) is 37.7 Å². The fraction of sp³-hybridized carbons (Fsp3) is 0.562. The van der Waals surface area contributed by atoms with Gasteiger partial charge in [0, 0.05) is 30.7 Å². The van der Waals surface area contributed by atoms with Gasteiger partial charge in [-0.3, -0.25) is 5.10 Å². The first-order chi connectivity index (χ1) is 11.8. The third kappa shape index (κ3) is 3.24. The highest BCUT2D eigenvalue weighted by Gasteiger charge is 2.26. The molecule has 1 aliphatic carbocycles. The highest BCUT2D eigenvalue weighted by molar-refractivity contribution is 7.13. The largest absolute Gasteiger partial charge is 0.348 e. The lowest BCUT2D eigenvalue weighted by Gasteiger charge is -2.32. The summed E-state index contributed by atoms with van der Waals surface area (Å²) in [7, 11) is 0. The van der Waals surface area contributed by atoms with Crippen molar-refractivity contribution in [3.63, 3.8) is 0 Å². The third-order valence-electron chi connectivity index (χ3n) is 4.86. The predicted octanol–water partition coefficient (Wildman–Crippen LogP) is 2.21. The van der Waals surface area contributed by atoms with Crippen molar-refractivity contribution in [3.8, 4) is 0 Å². The van der Waals surface area contributed by atoms with Crippen LogP contribution in [0.3, 0.4) is 0 Å². The number of H-pyrrole nitrogens is 1. The van der Waals surface area contributed by atoms with Gasteiger partial charge in [0.25, 0.3) is 0 Å². The van der Waals surface area contributed by atoms with E-state index in [0.29, 0.717) is 0 Å². The van der Waals surface area contributed by atoms with Crippen LogP contribution >= 0.6 is 11.3 Å². The summed E-state index contributed by atoms with van der Waals surface area (Å²) < 4.78 is 0. The van der Waals surface area contributed by atoms with E-state index in [0.717, 1.165) is 56.0 Å². The number of fused-ring (bicyclic) bond motifs is 1. The number of hydrogen-bond donors (Lipinski definition) is 3. The van der Waals surface area contributed by atoms with E-state index in [1.807, 2.05) is 17.8 Å². The molecule has 0 radical (unpaired) electrons. The lowest BCUT2D eigenvalue weighted by Crippen LogP contribution is -2.48. The Kier molecular flexibility index (Phi) is 4.38. The zero-order valence-electron chi connectivity index (χ0n) is 13.5. The van der Waals surface area contributed by atoms with Crippen LogP contribution in [0, 0.1) is 0 Å².